The Morgan fingerprint density at radius 1 is 1.08 bits per heavy atom. The van der Waals surface area contributed by atoms with Crippen LogP contribution in [0.4, 0.5) is 5.69 Å². The van der Waals surface area contributed by atoms with Gasteiger partial charge in [-0.15, -0.1) is 0 Å². The number of benzene rings is 2. The molecular formula is C19H13N3O3. The zero-order chi connectivity index (χ0) is 17.4. The quantitative estimate of drug-likeness (QED) is 0.773. The Morgan fingerprint density at radius 3 is 2.56 bits per heavy atom. The van der Waals surface area contributed by atoms with E-state index in [1.54, 1.807) is 36.6 Å². The molecule has 0 fully saturated rings. The van der Waals surface area contributed by atoms with E-state index in [1.165, 1.54) is 4.68 Å². The third kappa shape index (κ3) is 2.49. The Labute approximate surface area is 142 Å². The summed E-state index contributed by atoms with van der Waals surface area (Å²) in [5.74, 6) is -1.19. The lowest BCUT2D eigenvalue weighted by molar-refractivity contribution is 0.0689. The average Bonchev–Trinajstić information content (AvgIpc) is 3.18. The van der Waals surface area contributed by atoms with Crippen LogP contribution in [0, 0.1) is 0 Å². The van der Waals surface area contributed by atoms with E-state index in [0.29, 0.717) is 11.3 Å². The molecule has 3 aromatic rings. The smallest absolute Gasteiger partial charge is 0.354 e. The second-order valence-electron chi connectivity index (χ2n) is 5.56. The molecule has 2 aromatic carbocycles. The molecule has 0 amide bonds. The molecule has 122 valence electrons. The maximum absolute atomic E-state index is 12.8. The molecule has 1 aromatic heterocycles. The van der Waals surface area contributed by atoms with Crippen LogP contribution in [0.2, 0.25) is 0 Å². The Balaban J connectivity index is 1.90. The van der Waals surface area contributed by atoms with Gasteiger partial charge in [-0.25, -0.2) is 9.48 Å². The number of fused-ring (bicyclic) bond motifs is 1. The first-order valence-corrected chi connectivity index (χ1v) is 7.64. The highest BCUT2D eigenvalue weighted by Crippen LogP contribution is 2.32. The van der Waals surface area contributed by atoms with Crippen molar-refractivity contribution in [2.75, 3.05) is 0 Å². The van der Waals surface area contributed by atoms with Gasteiger partial charge in [-0.3, -0.25) is 14.9 Å². The molecular weight excluding hydrogens is 318 g/mol. The van der Waals surface area contributed by atoms with Gasteiger partial charge >= 0.3 is 5.97 Å². The minimum atomic E-state index is -1.19. The van der Waals surface area contributed by atoms with Crippen LogP contribution in [0.15, 0.2) is 64.4 Å². The van der Waals surface area contributed by atoms with Crippen molar-refractivity contribution in [2.45, 2.75) is 0 Å². The lowest BCUT2D eigenvalue weighted by Crippen LogP contribution is -2.15. The van der Waals surface area contributed by atoms with E-state index in [9.17, 15) is 14.7 Å². The van der Waals surface area contributed by atoms with E-state index in [2.05, 4.69) is 10.1 Å². The molecule has 0 spiro atoms. The third-order valence-electron chi connectivity index (χ3n) is 4.01. The first kappa shape index (κ1) is 14.9. The van der Waals surface area contributed by atoms with Gasteiger partial charge in [-0.2, -0.15) is 0 Å². The lowest BCUT2D eigenvalue weighted by Gasteiger charge is -1.99. The van der Waals surface area contributed by atoms with Crippen LogP contribution in [-0.2, 0) is 0 Å². The number of para-hydroxylation sites is 2. The Bertz CT molecular complexity index is 1090. The van der Waals surface area contributed by atoms with Gasteiger partial charge in [-0.05, 0) is 24.3 Å². The van der Waals surface area contributed by atoms with Crippen molar-refractivity contribution < 1.29 is 9.90 Å². The van der Waals surface area contributed by atoms with E-state index in [1.807, 2.05) is 30.3 Å². The second-order valence-corrected chi connectivity index (χ2v) is 5.56. The van der Waals surface area contributed by atoms with Gasteiger partial charge in [0.05, 0.1) is 16.9 Å². The standard InChI is InChI=1S/C19H13N3O3/c23-18-15(10-12-11-20-16-9-5-4-8-14(12)16)17(19(24)25)21-22(18)13-6-2-1-3-7-13/h1-11,21H,(H,24,25)/b12-10-. The molecule has 0 bridgehead atoms. The molecule has 0 saturated heterocycles. The number of aromatic nitrogens is 2. The van der Waals surface area contributed by atoms with Crippen LogP contribution in [0.5, 0.6) is 0 Å². The van der Waals surface area contributed by atoms with Crippen molar-refractivity contribution in [1.82, 2.24) is 9.78 Å². The number of hydrogen-bond donors (Lipinski definition) is 2. The highest BCUT2D eigenvalue weighted by Gasteiger charge is 2.21. The van der Waals surface area contributed by atoms with Crippen LogP contribution >= 0.6 is 0 Å². The Kier molecular flexibility index (Phi) is 3.43. The van der Waals surface area contributed by atoms with Gasteiger partial charge < -0.3 is 5.11 Å². The molecule has 0 saturated carbocycles. The van der Waals surface area contributed by atoms with Crippen molar-refractivity contribution in [3.8, 4) is 5.69 Å². The summed E-state index contributed by atoms with van der Waals surface area (Å²) in [5.41, 5.74) is 2.45. The van der Waals surface area contributed by atoms with Crippen LogP contribution in [-0.4, -0.2) is 27.1 Å². The highest BCUT2D eigenvalue weighted by atomic mass is 16.4. The number of nitrogens with one attached hydrogen (secondary N) is 1. The zero-order valence-electron chi connectivity index (χ0n) is 13.0. The van der Waals surface area contributed by atoms with Gasteiger partial charge in [-0.1, -0.05) is 36.4 Å². The maximum atomic E-state index is 12.8. The van der Waals surface area contributed by atoms with Crippen molar-refractivity contribution in [1.29, 1.82) is 0 Å². The van der Waals surface area contributed by atoms with Crippen LogP contribution < -0.4 is 5.56 Å². The van der Waals surface area contributed by atoms with Crippen LogP contribution in [0.25, 0.3) is 17.3 Å². The van der Waals surface area contributed by atoms with Gasteiger partial charge in [0.15, 0.2) is 5.69 Å². The summed E-state index contributed by atoms with van der Waals surface area (Å²) in [4.78, 5) is 28.7. The molecule has 25 heavy (non-hydrogen) atoms. The molecule has 1 aliphatic heterocycles. The van der Waals surface area contributed by atoms with Crippen molar-refractivity contribution in [3.63, 3.8) is 0 Å². The second kappa shape index (κ2) is 5.76. The normalized spacial score (nSPS) is 14.0. The van der Waals surface area contributed by atoms with E-state index >= 15 is 0 Å². The summed E-state index contributed by atoms with van der Waals surface area (Å²) in [6, 6.07) is 16.3. The molecule has 2 heterocycles. The summed E-state index contributed by atoms with van der Waals surface area (Å²) < 4.78 is 1.23. The molecule has 4 rings (SSSR count). The molecule has 6 nitrogen and oxygen atoms in total. The van der Waals surface area contributed by atoms with Crippen LogP contribution in [0.1, 0.15) is 21.6 Å². The number of nitrogens with zero attached hydrogens (tertiary/aromatic N) is 2. The minimum absolute atomic E-state index is 0.0921. The fourth-order valence-corrected chi connectivity index (χ4v) is 2.82. The number of hydrogen-bond acceptors (Lipinski definition) is 3. The molecule has 1 aliphatic rings. The third-order valence-corrected chi connectivity index (χ3v) is 4.01. The SMILES string of the molecule is O=C(O)c1[nH]n(-c2ccccc2)c(=O)c1/C=C1/C=Nc2ccccc21. The van der Waals surface area contributed by atoms with Crippen LogP contribution in [0.3, 0.4) is 0 Å². The number of aromatic carboxylic acids is 1. The highest BCUT2D eigenvalue weighted by molar-refractivity contribution is 6.21. The summed E-state index contributed by atoms with van der Waals surface area (Å²) in [6.07, 6.45) is 3.20. The van der Waals surface area contributed by atoms with Gasteiger partial charge in [0.1, 0.15) is 0 Å². The first-order chi connectivity index (χ1) is 12.1. The Morgan fingerprint density at radius 2 is 1.80 bits per heavy atom. The summed E-state index contributed by atoms with van der Waals surface area (Å²) in [7, 11) is 0. The molecule has 0 aliphatic carbocycles. The summed E-state index contributed by atoms with van der Waals surface area (Å²) in [6.45, 7) is 0. The average molecular weight is 331 g/mol. The summed E-state index contributed by atoms with van der Waals surface area (Å²) in [5, 5.41) is 12.2. The van der Waals surface area contributed by atoms with Crippen molar-refractivity contribution in [2.24, 2.45) is 4.99 Å². The van der Waals surface area contributed by atoms with Crippen molar-refractivity contribution >= 4 is 29.5 Å². The molecule has 0 radical (unpaired) electrons. The number of H-pyrrole nitrogens is 1. The van der Waals surface area contributed by atoms with E-state index < -0.39 is 11.5 Å². The first-order valence-electron chi connectivity index (χ1n) is 7.64. The zero-order valence-corrected chi connectivity index (χ0v) is 13.0. The monoisotopic (exact) mass is 331 g/mol. The minimum Gasteiger partial charge on any atom is -0.477 e. The number of rotatable bonds is 3. The van der Waals surface area contributed by atoms with E-state index in [0.717, 1.165) is 11.3 Å². The fraction of sp³-hybridized carbons (Fsp3) is 0. The maximum Gasteiger partial charge on any atom is 0.354 e. The number of carbonyl (C=O) groups is 1. The number of aromatic amines is 1. The van der Waals surface area contributed by atoms with E-state index in [4.69, 9.17) is 0 Å². The summed E-state index contributed by atoms with van der Waals surface area (Å²) >= 11 is 0. The lowest BCUT2D eigenvalue weighted by atomic mass is 10.0. The largest absolute Gasteiger partial charge is 0.477 e. The van der Waals surface area contributed by atoms with Gasteiger partial charge in [0, 0.05) is 17.4 Å². The number of carboxylic acids is 1. The van der Waals surface area contributed by atoms with Gasteiger partial charge in [0.2, 0.25) is 0 Å². The molecule has 0 unspecified atom stereocenters. The van der Waals surface area contributed by atoms with Gasteiger partial charge in [0.25, 0.3) is 5.56 Å². The number of carboxylic acid groups (broad SMARTS) is 1. The van der Waals surface area contributed by atoms with E-state index in [-0.39, 0.29) is 11.3 Å². The predicted octanol–water partition coefficient (Wildman–Crippen LogP) is 3.12. The molecule has 2 N–H and O–H groups in total. The van der Waals surface area contributed by atoms with Crippen molar-refractivity contribution in [3.05, 3.63) is 81.8 Å². The number of aliphatic imine (C=N–C) groups is 1. The fourth-order valence-electron chi connectivity index (χ4n) is 2.82. The topological polar surface area (TPSA) is 87.5 Å². The number of allylic oxidation sites excluding steroid dienone is 1. The molecule has 0 atom stereocenters. The Hall–Kier alpha value is -3.67. The predicted molar refractivity (Wildman–Crippen MR) is 95.8 cm³/mol. The molecule has 6 heteroatoms.